The summed E-state index contributed by atoms with van der Waals surface area (Å²) in [6, 6.07) is 7.34. The summed E-state index contributed by atoms with van der Waals surface area (Å²) >= 11 is 0. The molecule has 0 N–H and O–H groups in total. The van der Waals surface area contributed by atoms with Gasteiger partial charge in [0, 0.05) is 31.7 Å². The van der Waals surface area contributed by atoms with Crippen LogP contribution in [0.4, 0.5) is 13.2 Å². The molecular formula is C27H35F3N2O3. The van der Waals surface area contributed by atoms with Gasteiger partial charge in [0.25, 0.3) is 0 Å². The van der Waals surface area contributed by atoms with Crippen molar-refractivity contribution in [2.75, 3.05) is 20.8 Å². The average Bonchev–Trinajstić information content (AvgIpc) is 3.57. The van der Waals surface area contributed by atoms with Crippen LogP contribution in [0.2, 0.25) is 0 Å². The number of aliphatic imine (C=N–C) groups is 1. The van der Waals surface area contributed by atoms with Gasteiger partial charge in [-0.05, 0) is 75.1 Å². The Morgan fingerprint density at radius 3 is 2.49 bits per heavy atom. The summed E-state index contributed by atoms with van der Waals surface area (Å²) in [7, 11) is 3.22. The molecule has 1 atom stereocenters. The molecule has 192 valence electrons. The zero-order chi connectivity index (χ0) is 25.8. The molecule has 0 unspecified atom stereocenters. The van der Waals surface area contributed by atoms with Crippen molar-refractivity contribution in [3.05, 3.63) is 52.2 Å². The predicted octanol–water partition coefficient (Wildman–Crippen LogP) is 6.59. The predicted molar refractivity (Wildman–Crippen MR) is 132 cm³/mol. The number of hydrogen-bond acceptors (Lipinski definition) is 5. The van der Waals surface area contributed by atoms with Gasteiger partial charge < -0.3 is 9.47 Å². The highest BCUT2D eigenvalue weighted by Gasteiger charge is 2.40. The molecule has 5 nitrogen and oxygen atoms in total. The number of halogens is 3. The van der Waals surface area contributed by atoms with Crippen molar-refractivity contribution in [3.8, 4) is 11.6 Å². The molecule has 8 heteroatoms. The number of carbonyl (C=O) groups is 1. The zero-order valence-corrected chi connectivity index (χ0v) is 21.0. The third-order valence-corrected chi connectivity index (χ3v) is 6.41. The molecule has 0 aliphatic heterocycles. The van der Waals surface area contributed by atoms with Gasteiger partial charge in [0.1, 0.15) is 12.4 Å². The largest absolute Gasteiger partial charge is 0.497 e. The van der Waals surface area contributed by atoms with Crippen LogP contribution < -0.4 is 9.47 Å². The fourth-order valence-electron chi connectivity index (χ4n) is 4.53. The number of Topliss-reactive ketones (excluding diaryl/α,β-unsaturated/α-hetero) is 1. The van der Waals surface area contributed by atoms with Gasteiger partial charge >= 0.3 is 6.18 Å². The lowest BCUT2D eigenvalue weighted by molar-refractivity contribution is -0.137. The van der Waals surface area contributed by atoms with Crippen molar-refractivity contribution in [3.63, 3.8) is 0 Å². The first kappa shape index (κ1) is 26.7. The van der Waals surface area contributed by atoms with E-state index in [1.807, 2.05) is 0 Å². The van der Waals surface area contributed by atoms with E-state index in [2.05, 4.69) is 35.1 Å². The van der Waals surface area contributed by atoms with Gasteiger partial charge in [-0.1, -0.05) is 13.0 Å². The standard InChI is InChI=1S/C15H17F3N2O2.C12H16O.H2/c1-8(21)7-22-12-6-11(15(16,17)18)13(9(2)20-12)14(19-3)10-4-5-10;1-3-9-4-5-10-8-11(13-2)6-7-12(9)10;/h6,10H,4-5,7H2,1-3H3;6-9H,3-5H2,1-2H3;1H/t;9-;/m.0./s1. The number of methoxy groups -OCH3 is 1. The normalized spacial score (nSPS) is 17.4. The van der Waals surface area contributed by atoms with Gasteiger partial charge in [0.05, 0.1) is 18.4 Å². The summed E-state index contributed by atoms with van der Waals surface area (Å²) in [6.45, 7) is 4.75. The Kier molecular flexibility index (Phi) is 8.56. The minimum Gasteiger partial charge on any atom is -0.497 e. The quantitative estimate of drug-likeness (QED) is 0.409. The molecule has 1 heterocycles. The number of alkyl halides is 3. The van der Waals surface area contributed by atoms with E-state index in [-0.39, 0.29) is 36.9 Å². The van der Waals surface area contributed by atoms with E-state index in [0.717, 1.165) is 30.6 Å². The van der Waals surface area contributed by atoms with E-state index < -0.39 is 11.7 Å². The van der Waals surface area contributed by atoms with Gasteiger partial charge in [-0.25, -0.2) is 4.98 Å². The zero-order valence-electron chi connectivity index (χ0n) is 21.0. The number of hydrogen-bond donors (Lipinski definition) is 0. The maximum absolute atomic E-state index is 13.4. The maximum atomic E-state index is 13.4. The summed E-state index contributed by atoms with van der Waals surface area (Å²) in [6.07, 6.45) is 0.948. The van der Waals surface area contributed by atoms with E-state index in [0.29, 0.717) is 5.71 Å². The lowest BCUT2D eigenvalue weighted by atomic mass is 9.98. The molecule has 0 saturated heterocycles. The fourth-order valence-corrected chi connectivity index (χ4v) is 4.53. The van der Waals surface area contributed by atoms with E-state index >= 15 is 0 Å². The van der Waals surface area contributed by atoms with Crippen LogP contribution in [0.25, 0.3) is 0 Å². The smallest absolute Gasteiger partial charge is 0.417 e. The Bertz CT molecular complexity index is 1100. The molecule has 2 aliphatic rings. The number of aryl methyl sites for hydroxylation is 2. The monoisotopic (exact) mass is 492 g/mol. The number of benzene rings is 1. The fraction of sp³-hybridized carbons (Fsp3) is 0.519. The Hall–Kier alpha value is -2.90. The second-order valence-electron chi connectivity index (χ2n) is 9.05. The molecule has 0 spiro atoms. The molecule has 1 fully saturated rings. The number of rotatable bonds is 7. The van der Waals surface area contributed by atoms with Crippen molar-refractivity contribution < 1.29 is 28.9 Å². The van der Waals surface area contributed by atoms with Crippen LogP contribution in [0.1, 0.15) is 74.8 Å². The van der Waals surface area contributed by atoms with Gasteiger partial charge in [0.2, 0.25) is 5.88 Å². The molecule has 2 aromatic rings. The van der Waals surface area contributed by atoms with E-state index in [1.54, 1.807) is 12.7 Å². The summed E-state index contributed by atoms with van der Waals surface area (Å²) in [5.41, 5.74) is 2.91. The highest BCUT2D eigenvalue weighted by molar-refractivity contribution is 6.05. The highest BCUT2D eigenvalue weighted by atomic mass is 19.4. The Morgan fingerprint density at radius 1 is 1.23 bits per heavy atom. The minimum atomic E-state index is -4.54. The van der Waals surface area contributed by atoms with E-state index in [9.17, 15) is 18.0 Å². The number of ether oxygens (including phenoxy) is 2. The molecule has 35 heavy (non-hydrogen) atoms. The van der Waals surface area contributed by atoms with Crippen molar-refractivity contribution >= 4 is 11.5 Å². The van der Waals surface area contributed by atoms with E-state index in [1.165, 1.54) is 45.7 Å². The molecule has 2 aliphatic carbocycles. The maximum Gasteiger partial charge on any atom is 0.417 e. The molecule has 0 radical (unpaired) electrons. The van der Waals surface area contributed by atoms with Gasteiger partial charge in [-0.2, -0.15) is 13.2 Å². The van der Waals surface area contributed by atoms with Crippen LogP contribution in [0.15, 0.2) is 29.3 Å². The minimum absolute atomic E-state index is 0. The number of nitrogens with zero attached hydrogens (tertiary/aromatic N) is 2. The summed E-state index contributed by atoms with van der Waals surface area (Å²) in [5.74, 6) is 1.37. The molecule has 1 aromatic carbocycles. The molecular weight excluding hydrogens is 457 g/mol. The second-order valence-corrected chi connectivity index (χ2v) is 9.05. The first-order valence-corrected chi connectivity index (χ1v) is 11.9. The number of carbonyl (C=O) groups excluding carboxylic acids is 1. The summed E-state index contributed by atoms with van der Waals surface area (Å²) in [4.78, 5) is 19.0. The highest BCUT2D eigenvalue weighted by Crippen LogP contribution is 2.41. The van der Waals surface area contributed by atoms with Crippen molar-refractivity contribution in [2.24, 2.45) is 10.9 Å². The van der Waals surface area contributed by atoms with E-state index in [4.69, 9.17) is 9.47 Å². The Balaban J connectivity index is 0.000000278. The second kappa shape index (κ2) is 11.2. The molecule has 4 rings (SSSR count). The average molecular weight is 493 g/mol. The van der Waals surface area contributed by atoms with Crippen LogP contribution >= 0.6 is 0 Å². The van der Waals surface area contributed by atoms with Crippen LogP contribution in [0.5, 0.6) is 11.6 Å². The van der Waals surface area contributed by atoms with Crippen LogP contribution in [0.3, 0.4) is 0 Å². The third kappa shape index (κ3) is 6.61. The van der Waals surface area contributed by atoms with Crippen molar-refractivity contribution in [1.82, 2.24) is 4.98 Å². The Morgan fingerprint density at radius 2 is 1.94 bits per heavy atom. The van der Waals surface area contributed by atoms with Gasteiger partial charge in [0.15, 0.2) is 5.78 Å². The number of aromatic nitrogens is 1. The first-order valence-electron chi connectivity index (χ1n) is 11.9. The molecule has 0 bridgehead atoms. The SMILES string of the molecule is CC[C@H]1CCc2cc(OC)ccc21.CN=C(c1c(C(F)(F)F)cc(OCC(C)=O)nc1C)C1CC1.[HH]. The van der Waals surface area contributed by atoms with Crippen LogP contribution in [-0.4, -0.2) is 37.2 Å². The van der Waals surface area contributed by atoms with Crippen molar-refractivity contribution in [1.29, 1.82) is 0 Å². The van der Waals surface area contributed by atoms with Crippen LogP contribution in [-0.2, 0) is 17.4 Å². The molecule has 1 aromatic heterocycles. The number of fused-ring (bicyclic) bond motifs is 1. The number of pyridine rings is 1. The number of ketones is 1. The summed E-state index contributed by atoms with van der Waals surface area (Å²) < 4.78 is 50.4. The molecule has 1 saturated carbocycles. The van der Waals surface area contributed by atoms with Gasteiger partial charge in [-0.15, -0.1) is 0 Å². The molecule has 0 amide bonds. The topological polar surface area (TPSA) is 60.8 Å². The van der Waals surface area contributed by atoms with Gasteiger partial charge in [-0.3, -0.25) is 9.79 Å². The van der Waals surface area contributed by atoms with Crippen molar-refractivity contribution in [2.45, 2.75) is 65.0 Å². The lowest BCUT2D eigenvalue weighted by Gasteiger charge is -2.18. The lowest BCUT2D eigenvalue weighted by Crippen LogP contribution is -2.19. The first-order chi connectivity index (χ1) is 16.6. The Labute approximate surface area is 206 Å². The summed E-state index contributed by atoms with van der Waals surface area (Å²) in [5, 5.41) is 0. The third-order valence-electron chi connectivity index (χ3n) is 6.41. The van der Waals surface area contributed by atoms with Crippen LogP contribution in [0, 0.1) is 12.8 Å².